The summed E-state index contributed by atoms with van der Waals surface area (Å²) < 4.78 is 0. The van der Waals surface area contributed by atoms with Gasteiger partial charge in [0.1, 0.15) is 12.1 Å². The number of carbonyl (C=O) groups excluding carboxylic acids is 2. The van der Waals surface area contributed by atoms with Gasteiger partial charge in [-0.05, 0) is 6.07 Å². The fraction of sp³-hybridized carbons (Fsp3) is 0.312. The molecule has 0 unspecified atom stereocenters. The van der Waals surface area contributed by atoms with E-state index in [2.05, 4.69) is 28.6 Å². The second kappa shape index (κ2) is 8.65. The van der Waals surface area contributed by atoms with Gasteiger partial charge in [-0.2, -0.15) is 12.6 Å². The monoisotopic (exact) mass is 364 g/mol. The predicted octanol–water partition coefficient (Wildman–Crippen LogP) is -1.65. The zero-order valence-corrected chi connectivity index (χ0v) is 14.3. The number of para-hydroxylation sites is 1. The van der Waals surface area contributed by atoms with Crippen LogP contribution in [0.2, 0.25) is 0 Å². The Hall–Kier alpha value is -2.36. The number of carbonyl (C=O) groups is 3. The van der Waals surface area contributed by atoms with E-state index in [9.17, 15) is 19.5 Å². The Balaban J connectivity index is 2.05. The summed E-state index contributed by atoms with van der Waals surface area (Å²) in [5.74, 6) is -2.28. The first-order valence-corrected chi connectivity index (χ1v) is 8.28. The fourth-order valence-electron chi connectivity index (χ4n) is 2.44. The number of benzene rings is 1. The number of hydrogen-bond donors (Lipinski definition) is 6. The standard InChI is InChI=1S/C16H20N4O4S/c17-6-14(21)19-13(8-25)15(22)20-12(16(23)24)5-9-7-18-11-4-2-1-3-10(9)11/h1-4,7,12-13,18,25H,5-6,8,17H2,(H,19,21)(H,20,22)(H,23,24)/q+1/t12-,13-/m0/s1. The molecule has 2 amide bonds. The number of amides is 2. The lowest BCUT2D eigenvalue weighted by Crippen LogP contribution is -2.69. The third kappa shape index (κ3) is 4.81. The second-order valence-corrected chi connectivity index (χ2v) is 5.83. The summed E-state index contributed by atoms with van der Waals surface area (Å²) in [4.78, 5) is 35.1. The molecule has 25 heavy (non-hydrogen) atoms. The van der Waals surface area contributed by atoms with Crippen molar-refractivity contribution < 1.29 is 24.8 Å². The summed E-state index contributed by atoms with van der Waals surface area (Å²) in [5, 5.41) is 17.3. The molecule has 8 nitrogen and oxygen atoms in total. The number of thiol groups is 1. The second-order valence-electron chi connectivity index (χ2n) is 5.47. The maximum atomic E-state index is 12.2. The van der Waals surface area contributed by atoms with E-state index < -0.39 is 29.9 Å². The average molecular weight is 364 g/mol. The van der Waals surface area contributed by atoms with Crippen molar-refractivity contribution in [2.24, 2.45) is 5.73 Å². The Labute approximate surface area is 150 Å². The maximum Gasteiger partial charge on any atom is 0.326 e. The number of hydrogen-bond acceptors (Lipinski definition) is 6. The van der Waals surface area contributed by atoms with Crippen molar-refractivity contribution in [1.29, 1.82) is 0 Å². The van der Waals surface area contributed by atoms with Crippen LogP contribution in [0.4, 0.5) is 5.69 Å². The van der Waals surface area contributed by atoms with Gasteiger partial charge in [-0.3, -0.25) is 9.59 Å². The fourth-order valence-corrected chi connectivity index (χ4v) is 2.70. The number of carboxylic acids is 1. The molecule has 1 aromatic carbocycles. The highest BCUT2D eigenvalue weighted by Gasteiger charge is 2.30. The van der Waals surface area contributed by atoms with E-state index in [1.807, 2.05) is 24.3 Å². The molecular weight excluding hydrogens is 344 g/mol. The third-order valence-electron chi connectivity index (χ3n) is 3.73. The molecular formula is C16H20N4O4S+. The summed E-state index contributed by atoms with van der Waals surface area (Å²) in [6.07, 6.45) is 1.83. The van der Waals surface area contributed by atoms with Gasteiger partial charge in [-0.25, -0.2) is 4.79 Å². The Kier molecular flexibility index (Phi) is 6.57. The lowest BCUT2D eigenvalue weighted by Gasteiger charge is -2.20. The van der Waals surface area contributed by atoms with Gasteiger partial charge in [0, 0.05) is 29.4 Å². The number of nitrogens with two attached hydrogens (primary N) is 1. The van der Waals surface area contributed by atoms with Crippen molar-refractivity contribution in [3.05, 3.63) is 36.0 Å². The van der Waals surface area contributed by atoms with Gasteiger partial charge in [-0.15, -0.1) is 5.32 Å². The molecule has 0 bridgehead atoms. The van der Waals surface area contributed by atoms with E-state index in [4.69, 9.17) is 5.73 Å². The molecule has 9 heteroatoms. The number of rotatable bonds is 8. The molecule has 0 aromatic heterocycles. The molecule has 0 aliphatic carbocycles. The van der Waals surface area contributed by atoms with Gasteiger partial charge in [0.05, 0.1) is 6.54 Å². The van der Waals surface area contributed by atoms with Gasteiger partial charge in [0.15, 0.2) is 11.9 Å². The van der Waals surface area contributed by atoms with Crippen LogP contribution in [-0.2, 0) is 14.4 Å². The van der Waals surface area contributed by atoms with Crippen LogP contribution in [0.3, 0.4) is 0 Å². The van der Waals surface area contributed by atoms with Crippen LogP contribution in [0.5, 0.6) is 0 Å². The molecule has 2 rings (SSSR count). The molecule has 0 saturated carbocycles. The van der Waals surface area contributed by atoms with Gasteiger partial charge < -0.3 is 21.5 Å². The van der Waals surface area contributed by atoms with E-state index >= 15 is 0 Å². The zero-order chi connectivity index (χ0) is 18.4. The Morgan fingerprint density at radius 1 is 1.20 bits per heavy atom. The van der Waals surface area contributed by atoms with Crippen molar-refractivity contribution in [2.75, 3.05) is 12.3 Å². The first kappa shape index (κ1) is 19.0. The normalized spacial score (nSPS) is 14.9. The number of fused-ring (bicyclic) bond motifs is 1. The summed E-state index contributed by atoms with van der Waals surface area (Å²) in [6, 6.07) is 5.39. The van der Waals surface area contributed by atoms with E-state index in [-0.39, 0.29) is 18.7 Å². The van der Waals surface area contributed by atoms with Crippen LogP contribution in [0.25, 0.3) is 5.57 Å². The minimum Gasteiger partial charge on any atom is -0.480 e. The molecule has 1 aliphatic rings. The highest BCUT2D eigenvalue weighted by atomic mass is 32.1. The molecule has 1 heterocycles. The van der Waals surface area contributed by atoms with Crippen molar-refractivity contribution in [3.8, 4) is 0 Å². The third-order valence-corrected chi connectivity index (χ3v) is 4.10. The molecule has 1 radical (unpaired) electrons. The largest absolute Gasteiger partial charge is 0.480 e. The summed E-state index contributed by atoms with van der Waals surface area (Å²) in [7, 11) is 0. The smallest absolute Gasteiger partial charge is 0.326 e. The molecule has 2 atom stereocenters. The lowest BCUT2D eigenvalue weighted by atomic mass is 10.00. The molecule has 0 saturated heterocycles. The van der Waals surface area contributed by atoms with Crippen LogP contribution in [-0.4, -0.2) is 47.3 Å². The first-order valence-electron chi connectivity index (χ1n) is 7.64. The topological polar surface area (TPSA) is 137 Å². The van der Waals surface area contributed by atoms with E-state index in [1.54, 1.807) is 6.20 Å². The van der Waals surface area contributed by atoms with Gasteiger partial charge >= 0.3 is 5.97 Å². The maximum absolute atomic E-state index is 12.2. The Morgan fingerprint density at radius 3 is 2.56 bits per heavy atom. The quantitative estimate of drug-likeness (QED) is 0.307. The molecule has 6 N–H and O–H groups in total. The van der Waals surface area contributed by atoms with Crippen LogP contribution in [0.1, 0.15) is 12.0 Å². The molecule has 133 valence electrons. The zero-order valence-electron chi connectivity index (χ0n) is 13.4. The van der Waals surface area contributed by atoms with Gasteiger partial charge in [-0.1, -0.05) is 12.1 Å². The molecule has 0 spiro atoms. The predicted molar refractivity (Wildman–Crippen MR) is 94.1 cm³/mol. The Morgan fingerprint density at radius 2 is 1.92 bits per heavy atom. The average Bonchev–Trinajstić information content (AvgIpc) is 3.01. The summed E-state index contributed by atoms with van der Waals surface area (Å²) in [6.45, 7) is -0.269. The van der Waals surface area contributed by atoms with E-state index in [0.29, 0.717) is 0 Å². The number of aliphatic carboxylic acids is 1. The minimum absolute atomic E-state index is 0.0248. The van der Waals surface area contributed by atoms with Crippen LogP contribution < -0.4 is 21.7 Å². The Bertz CT molecular complexity index is 707. The molecule has 0 fully saturated rings. The van der Waals surface area contributed by atoms with Crippen LogP contribution in [0.15, 0.2) is 30.5 Å². The summed E-state index contributed by atoms with van der Waals surface area (Å²) >= 11 is 4.01. The van der Waals surface area contributed by atoms with Crippen LogP contribution >= 0.6 is 12.6 Å². The van der Waals surface area contributed by atoms with Crippen molar-refractivity contribution in [1.82, 2.24) is 10.6 Å². The van der Waals surface area contributed by atoms with E-state index in [0.717, 1.165) is 16.8 Å². The molecule has 1 aromatic rings. The highest BCUT2D eigenvalue weighted by molar-refractivity contribution is 7.80. The highest BCUT2D eigenvalue weighted by Crippen LogP contribution is 2.27. The van der Waals surface area contributed by atoms with Crippen molar-refractivity contribution in [3.63, 3.8) is 0 Å². The number of carboxylic acid groups (broad SMARTS) is 1. The van der Waals surface area contributed by atoms with Crippen molar-refractivity contribution in [2.45, 2.75) is 18.5 Å². The van der Waals surface area contributed by atoms with Gasteiger partial charge in [0.2, 0.25) is 11.8 Å². The first-order chi connectivity index (χ1) is 12.0. The van der Waals surface area contributed by atoms with Crippen LogP contribution in [0, 0.1) is 0 Å². The molecule has 1 aliphatic heterocycles. The number of nitrogens with one attached hydrogen (secondary N) is 3. The lowest BCUT2D eigenvalue weighted by molar-refractivity contribution is -0.491. The minimum atomic E-state index is -1.17. The van der Waals surface area contributed by atoms with E-state index in [1.165, 1.54) is 0 Å². The summed E-state index contributed by atoms with van der Waals surface area (Å²) in [5.41, 5.74) is 7.76. The van der Waals surface area contributed by atoms with Crippen molar-refractivity contribution >= 4 is 41.7 Å². The number of anilines is 1. The van der Waals surface area contributed by atoms with Gasteiger partial charge in [0.25, 0.3) is 0 Å². The SMILES string of the molecule is NCC(=O)N[C@@H](CS)C(=O)N[C@@H](CC1=C[NH+]c2ccccc21)C(=O)O.